The van der Waals surface area contributed by atoms with Gasteiger partial charge in [0.05, 0.1) is 13.7 Å². The van der Waals surface area contributed by atoms with Crippen molar-refractivity contribution in [2.24, 2.45) is 0 Å². The van der Waals surface area contributed by atoms with E-state index in [0.717, 1.165) is 53.7 Å². The highest BCUT2D eigenvalue weighted by atomic mass is 16.5. The predicted octanol–water partition coefficient (Wildman–Crippen LogP) is 4.03. The van der Waals surface area contributed by atoms with Gasteiger partial charge in [0.2, 0.25) is 11.8 Å². The average molecular weight is 546 g/mol. The number of hydrogen-bond acceptors (Lipinski definition) is 5. The third-order valence-corrected chi connectivity index (χ3v) is 8.69. The molecule has 2 unspecified atom stereocenters. The van der Waals surface area contributed by atoms with Crippen LogP contribution in [0.5, 0.6) is 5.75 Å². The number of piperidine rings is 2. The highest BCUT2D eigenvalue weighted by molar-refractivity contribution is 5.91. The van der Waals surface area contributed by atoms with E-state index in [-0.39, 0.29) is 17.7 Å². The van der Waals surface area contributed by atoms with Gasteiger partial charge in [-0.25, -0.2) is 0 Å². The fourth-order valence-electron chi connectivity index (χ4n) is 6.36. The van der Waals surface area contributed by atoms with Crippen molar-refractivity contribution in [1.29, 1.82) is 0 Å². The van der Waals surface area contributed by atoms with Crippen molar-refractivity contribution in [3.8, 4) is 5.75 Å². The highest BCUT2D eigenvalue weighted by Gasteiger charge is 2.31. The number of amides is 2. The first-order valence-corrected chi connectivity index (χ1v) is 14.7. The number of carbonyl (C=O) groups excluding carboxylic acids is 2. The summed E-state index contributed by atoms with van der Waals surface area (Å²) in [5, 5.41) is 7.22. The number of H-pyrrole nitrogens is 1. The SMILES string of the molecule is COc1ccccc1CNC(=O)C(NC(=O)CN1CCC(N2CCCCC2)CC1)C(C)c1c[nH]c2ccccc12. The summed E-state index contributed by atoms with van der Waals surface area (Å²) < 4.78 is 5.45. The average Bonchev–Trinajstić information content (AvgIpc) is 3.43. The maximum absolute atomic E-state index is 13.6. The van der Waals surface area contributed by atoms with Crippen molar-refractivity contribution in [2.75, 3.05) is 39.8 Å². The first-order valence-electron chi connectivity index (χ1n) is 14.7. The lowest BCUT2D eigenvalue weighted by atomic mass is 9.92. The molecule has 0 bridgehead atoms. The molecule has 0 spiro atoms. The van der Waals surface area contributed by atoms with Crippen LogP contribution in [0.3, 0.4) is 0 Å². The Labute approximate surface area is 237 Å². The van der Waals surface area contributed by atoms with Crippen molar-refractivity contribution >= 4 is 22.7 Å². The second-order valence-corrected chi connectivity index (χ2v) is 11.3. The zero-order chi connectivity index (χ0) is 27.9. The van der Waals surface area contributed by atoms with Gasteiger partial charge < -0.3 is 25.3 Å². The summed E-state index contributed by atoms with van der Waals surface area (Å²) in [6.45, 7) is 6.89. The molecule has 0 aliphatic carbocycles. The molecule has 214 valence electrons. The van der Waals surface area contributed by atoms with Crippen LogP contribution in [0.2, 0.25) is 0 Å². The Hall–Kier alpha value is -3.36. The molecule has 2 aromatic carbocycles. The molecule has 2 fully saturated rings. The number of hydrogen-bond donors (Lipinski definition) is 3. The van der Waals surface area contributed by atoms with E-state index in [1.54, 1.807) is 7.11 Å². The van der Waals surface area contributed by atoms with Gasteiger partial charge in [-0.05, 0) is 56.5 Å². The van der Waals surface area contributed by atoms with Gasteiger partial charge in [-0.3, -0.25) is 14.5 Å². The van der Waals surface area contributed by atoms with Gasteiger partial charge in [0.1, 0.15) is 11.8 Å². The van der Waals surface area contributed by atoms with Crippen LogP contribution < -0.4 is 15.4 Å². The lowest BCUT2D eigenvalue weighted by Gasteiger charge is -2.40. The maximum atomic E-state index is 13.6. The number of methoxy groups -OCH3 is 1. The minimum Gasteiger partial charge on any atom is -0.496 e. The Morgan fingerprint density at radius 2 is 1.73 bits per heavy atom. The van der Waals surface area contributed by atoms with Crippen LogP contribution in [0, 0.1) is 0 Å². The van der Waals surface area contributed by atoms with Gasteiger partial charge in [-0.15, -0.1) is 0 Å². The molecule has 0 radical (unpaired) electrons. The zero-order valence-electron chi connectivity index (χ0n) is 23.8. The Morgan fingerprint density at radius 1 is 1.00 bits per heavy atom. The molecule has 2 amide bonds. The standard InChI is InChI=1S/C32H43N5O3/c1-23(27-21-33-28-12-6-5-11-26(27)28)31(32(39)34-20-24-10-4-7-13-29(24)40-2)35-30(38)22-36-18-14-25(15-19-36)37-16-8-3-9-17-37/h4-7,10-13,21,23,25,31,33H,3,8-9,14-20,22H2,1-2H3,(H,34,39)(H,35,38). The largest absolute Gasteiger partial charge is 0.496 e. The summed E-state index contributed by atoms with van der Waals surface area (Å²) in [7, 11) is 1.62. The molecule has 8 nitrogen and oxygen atoms in total. The number of nitrogens with one attached hydrogen (secondary N) is 3. The molecule has 2 aliphatic rings. The first-order chi connectivity index (χ1) is 19.5. The van der Waals surface area contributed by atoms with Crippen molar-refractivity contribution < 1.29 is 14.3 Å². The Bertz CT molecular complexity index is 1280. The number of aromatic nitrogens is 1. The second kappa shape index (κ2) is 13.3. The van der Waals surface area contributed by atoms with Crippen LogP contribution in [0.15, 0.2) is 54.7 Å². The molecule has 2 aliphatic heterocycles. The van der Waals surface area contributed by atoms with E-state index in [9.17, 15) is 9.59 Å². The number of likely N-dealkylation sites (tertiary alicyclic amines) is 2. The summed E-state index contributed by atoms with van der Waals surface area (Å²) in [5.41, 5.74) is 2.91. The van der Waals surface area contributed by atoms with E-state index < -0.39 is 6.04 Å². The van der Waals surface area contributed by atoms with E-state index in [1.807, 2.05) is 55.6 Å². The summed E-state index contributed by atoms with van der Waals surface area (Å²) in [5.74, 6) is 0.171. The van der Waals surface area contributed by atoms with Gasteiger partial charge in [0.15, 0.2) is 0 Å². The number of ether oxygens (including phenoxy) is 1. The third-order valence-electron chi connectivity index (χ3n) is 8.69. The number of fused-ring (bicyclic) bond motifs is 1. The number of aromatic amines is 1. The molecule has 2 atom stereocenters. The fraction of sp³-hybridized carbons (Fsp3) is 0.500. The van der Waals surface area contributed by atoms with Crippen molar-refractivity contribution in [1.82, 2.24) is 25.4 Å². The van der Waals surface area contributed by atoms with E-state index in [4.69, 9.17) is 4.74 Å². The van der Waals surface area contributed by atoms with Crippen LogP contribution in [0.1, 0.15) is 56.1 Å². The Morgan fingerprint density at radius 3 is 2.50 bits per heavy atom. The van der Waals surface area contributed by atoms with E-state index in [0.29, 0.717) is 19.1 Å². The summed E-state index contributed by atoms with van der Waals surface area (Å²) in [6.07, 6.45) is 8.10. The van der Waals surface area contributed by atoms with Crippen molar-refractivity contribution in [3.63, 3.8) is 0 Å². The molecule has 1 aromatic heterocycles. The molecular formula is C32H43N5O3. The maximum Gasteiger partial charge on any atom is 0.243 e. The van der Waals surface area contributed by atoms with Gasteiger partial charge in [-0.2, -0.15) is 0 Å². The molecule has 8 heteroatoms. The van der Waals surface area contributed by atoms with Crippen molar-refractivity contribution in [3.05, 3.63) is 65.9 Å². The Kier molecular flexibility index (Phi) is 9.39. The van der Waals surface area contributed by atoms with E-state index >= 15 is 0 Å². The predicted molar refractivity (Wildman–Crippen MR) is 158 cm³/mol. The number of carbonyl (C=O) groups is 2. The van der Waals surface area contributed by atoms with Gasteiger partial charge in [0, 0.05) is 54.3 Å². The highest BCUT2D eigenvalue weighted by Crippen LogP contribution is 2.28. The molecule has 5 rings (SSSR count). The topological polar surface area (TPSA) is 89.7 Å². The summed E-state index contributed by atoms with van der Waals surface area (Å²) in [4.78, 5) is 35.2. The van der Waals surface area contributed by atoms with E-state index in [1.165, 1.54) is 32.4 Å². The second-order valence-electron chi connectivity index (χ2n) is 11.3. The quantitative estimate of drug-likeness (QED) is 0.358. The number of benzene rings is 2. The Balaban J connectivity index is 1.25. The monoisotopic (exact) mass is 545 g/mol. The summed E-state index contributed by atoms with van der Waals surface area (Å²) >= 11 is 0. The summed E-state index contributed by atoms with van der Waals surface area (Å²) in [6, 6.07) is 15.6. The van der Waals surface area contributed by atoms with E-state index in [2.05, 4.69) is 31.5 Å². The normalized spacial score (nSPS) is 18.8. The van der Waals surface area contributed by atoms with Crippen molar-refractivity contribution in [2.45, 2.75) is 63.6 Å². The van der Waals surface area contributed by atoms with Gasteiger partial charge in [-0.1, -0.05) is 49.7 Å². The van der Waals surface area contributed by atoms with Crippen LogP contribution in [-0.2, 0) is 16.1 Å². The molecule has 40 heavy (non-hydrogen) atoms. The minimum absolute atomic E-state index is 0.111. The third kappa shape index (κ3) is 6.67. The molecule has 0 saturated carbocycles. The van der Waals surface area contributed by atoms with Crippen LogP contribution >= 0.6 is 0 Å². The zero-order valence-corrected chi connectivity index (χ0v) is 23.8. The number of rotatable bonds is 10. The number of nitrogens with zero attached hydrogens (tertiary/aromatic N) is 2. The molecule has 3 aromatic rings. The lowest BCUT2D eigenvalue weighted by molar-refractivity contribution is -0.130. The first kappa shape index (κ1) is 28.2. The van der Waals surface area contributed by atoms with Gasteiger partial charge in [0.25, 0.3) is 0 Å². The molecule has 2 saturated heterocycles. The molecular weight excluding hydrogens is 502 g/mol. The molecule has 3 heterocycles. The lowest BCUT2D eigenvalue weighted by Crippen LogP contribution is -2.53. The fourth-order valence-corrected chi connectivity index (χ4v) is 6.36. The smallest absolute Gasteiger partial charge is 0.243 e. The molecule has 3 N–H and O–H groups in total. The minimum atomic E-state index is -0.715. The van der Waals surface area contributed by atoms with Crippen LogP contribution in [0.4, 0.5) is 0 Å². The number of para-hydroxylation sites is 2. The van der Waals surface area contributed by atoms with Crippen LogP contribution in [-0.4, -0.2) is 78.5 Å². The van der Waals surface area contributed by atoms with Crippen LogP contribution in [0.25, 0.3) is 10.9 Å². The van der Waals surface area contributed by atoms with Gasteiger partial charge >= 0.3 is 0 Å².